The van der Waals surface area contributed by atoms with Crippen LogP contribution in [-0.2, 0) is 4.74 Å². The monoisotopic (exact) mass is 230 g/mol. The molecule has 14 heavy (non-hydrogen) atoms. The van der Waals surface area contributed by atoms with Gasteiger partial charge in [-0.1, -0.05) is 23.7 Å². The molecule has 4 heteroatoms. The van der Waals surface area contributed by atoms with Crippen molar-refractivity contribution in [3.05, 3.63) is 34.9 Å². The van der Waals surface area contributed by atoms with Crippen molar-refractivity contribution in [1.82, 2.24) is 0 Å². The molecule has 0 radical (unpaired) electrons. The summed E-state index contributed by atoms with van der Waals surface area (Å²) in [5.74, 6) is 0.445. The van der Waals surface area contributed by atoms with Crippen LogP contribution in [0.4, 0.5) is 0 Å². The van der Waals surface area contributed by atoms with Gasteiger partial charge in [0.15, 0.2) is 0 Å². The number of hydrogen-bond acceptors (Lipinski definition) is 3. The van der Waals surface area contributed by atoms with Gasteiger partial charge in [-0.25, -0.2) is 4.79 Å². The van der Waals surface area contributed by atoms with Gasteiger partial charge in [-0.15, -0.1) is 0 Å². The second kappa shape index (κ2) is 5.94. The first kappa shape index (κ1) is 11.4. The average molecular weight is 231 g/mol. The van der Waals surface area contributed by atoms with E-state index in [2.05, 4.69) is 0 Å². The lowest BCUT2D eigenvalue weighted by Crippen LogP contribution is -2.08. The zero-order chi connectivity index (χ0) is 10.4. The molecule has 0 fully saturated rings. The Morgan fingerprint density at radius 2 is 2.21 bits per heavy atom. The number of thioether (sulfide) groups is 1. The number of esters is 1. The van der Waals surface area contributed by atoms with Crippen LogP contribution in [0.5, 0.6) is 0 Å². The Hall–Kier alpha value is -0.670. The van der Waals surface area contributed by atoms with Crippen molar-refractivity contribution in [2.45, 2.75) is 0 Å². The summed E-state index contributed by atoms with van der Waals surface area (Å²) in [6.45, 7) is 0.422. The van der Waals surface area contributed by atoms with Crippen LogP contribution in [-0.4, -0.2) is 24.6 Å². The van der Waals surface area contributed by atoms with Crippen LogP contribution < -0.4 is 0 Å². The molecule has 0 bridgehead atoms. The molecule has 76 valence electrons. The van der Waals surface area contributed by atoms with E-state index >= 15 is 0 Å². The predicted molar refractivity (Wildman–Crippen MR) is 60.1 cm³/mol. The van der Waals surface area contributed by atoms with Crippen molar-refractivity contribution in [1.29, 1.82) is 0 Å². The Labute approximate surface area is 92.6 Å². The molecule has 0 saturated carbocycles. The molecule has 0 atom stereocenters. The quantitative estimate of drug-likeness (QED) is 0.588. The molecule has 1 rings (SSSR count). The molecule has 0 aliphatic carbocycles. The minimum atomic E-state index is -0.357. The zero-order valence-electron chi connectivity index (χ0n) is 7.83. The molecule has 2 nitrogen and oxygen atoms in total. The van der Waals surface area contributed by atoms with Gasteiger partial charge >= 0.3 is 5.97 Å². The Balaban J connectivity index is 2.56. The van der Waals surface area contributed by atoms with E-state index in [4.69, 9.17) is 16.3 Å². The molecule has 0 unspecified atom stereocenters. The minimum absolute atomic E-state index is 0.357. The lowest BCUT2D eigenvalue weighted by Gasteiger charge is -2.04. The van der Waals surface area contributed by atoms with Crippen molar-refractivity contribution < 1.29 is 9.53 Å². The van der Waals surface area contributed by atoms with Gasteiger partial charge in [0.1, 0.15) is 6.61 Å². The predicted octanol–water partition coefficient (Wildman–Crippen LogP) is 2.86. The first-order valence-electron chi connectivity index (χ1n) is 4.16. The van der Waals surface area contributed by atoms with Crippen molar-refractivity contribution in [3.63, 3.8) is 0 Å². The second-order valence-electron chi connectivity index (χ2n) is 2.61. The lowest BCUT2D eigenvalue weighted by atomic mass is 10.2. The highest BCUT2D eigenvalue weighted by Crippen LogP contribution is 2.15. The molecule has 0 aromatic heterocycles. The summed E-state index contributed by atoms with van der Waals surface area (Å²) in [6.07, 6.45) is 1.96. The highest BCUT2D eigenvalue weighted by atomic mass is 35.5. The normalized spacial score (nSPS) is 9.86. The summed E-state index contributed by atoms with van der Waals surface area (Å²) in [4.78, 5) is 11.4. The van der Waals surface area contributed by atoms with Crippen molar-refractivity contribution in [3.8, 4) is 0 Å². The molecule has 0 spiro atoms. The number of carbonyl (C=O) groups excluding carboxylic acids is 1. The van der Waals surface area contributed by atoms with Crippen LogP contribution in [0.15, 0.2) is 24.3 Å². The van der Waals surface area contributed by atoms with Gasteiger partial charge in [0, 0.05) is 5.75 Å². The molecule has 1 aromatic rings. The molecular weight excluding hydrogens is 220 g/mol. The van der Waals surface area contributed by atoms with E-state index in [0.717, 1.165) is 5.75 Å². The van der Waals surface area contributed by atoms with Crippen molar-refractivity contribution in [2.75, 3.05) is 18.6 Å². The number of rotatable bonds is 4. The van der Waals surface area contributed by atoms with E-state index in [1.807, 2.05) is 6.26 Å². The standard InChI is InChI=1S/C10H11ClO2S/c1-14-7-6-13-10(12)8-4-2-3-5-9(8)11/h2-5H,6-7H2,1H3. The third kappa shape index (κ3) is 3.24. The first-order chi connectivity index (χ1) is 6.75. The SMILES string of the molecule is CSCCOC(=O)c1ccccc1Cl. The third-order valence-electron chi connectivity index (χ3n) is 1.61. The summed E-state index contributed by atoms with van der Waals surface area (Å²) in [5, 5.41) is 0.432. The van der Waals surface area contributed by atoms with E-state index < -0.39 is 0 Å². The molecule has 1 aromatic carbocycles. The van der Waals surface area contributed by atoms with Crippen LogP contribution in [0.1, 0.15) is 10.4 Å². The maximum atomic E-state index is 11.4. The van der Waals surface area contributed by atoms with Gasteiger partial charge in [-0.05, 0) is 18.4 Å². The zero-order valence-corrected chi connectivity index (χ0v) is 9.40. The van der Waals surface area contributed by atoms with E-state index in [1.54, 1.807) is 36.0 Å². The van der Waals surface area contributed by atoms with Crippen LogP contribution in [0.3, 0.4) is 0 Å². The van der Waals surface area contributed by atoms with Gasteiger partial charge in [0.25, 0.3) is 0 Å². The maximum absolute atomic E-state index is 11.4. The second-order valence-corrected chi connectivity index (χ2v) is 4.00. The van der Waals surface area contributed by atoms with E-state index in [-0.39, 0.29) is 5.97 Å². The van der Waals surface area contributed by atoms with Gasteiger partial charge < -0.3 is 4.74 Å². The fourth-order valence-electron chi connectivity index (χ4n) is 0.922. The molecule has 0 aliphatic rings. The largest absolute Gasteiger partial charge is 0.461 e. The third-order valence-corrected chi connectivity index (χ3v) is 2.52. The van der Waals surface area contributed by atoms with E-state index in [0.29, 0.717) is 17.2 Å². The van der Waals surface area contributed by atoms with Gasteiger partial charge in [0.05, 0.1) is 10.6 Å². The lowest BCUT2D eigenvalue weighted by molar-refractivity contribution is 0.0530. The maximum Gasteiger partial charge on any atom is 0.339 e. The summed E-state index contributed by atoms with van der Waals surface area (Å²) >= 11 is 7.46. The highest BCUT2D eigenvalue weighted by molar-refractivity contribution is 7.98. The Kier molecular flexibility index (Phi) is 4.84. The number of benzene rings is 1. The Morgan fingerprint density at radius 3 is 2.86 bits per heavy atom. The summed E-state index contributed by atoms with van der Waals surface area (Å²) in [7, 11) is 0. The van der Waals surface area contributed by atoms with E-state index in [9.17, 15) is 4.79 Å². The van der Waals surface area contributed by atoms with Gasteiger partial charge in [-0.2, -0.15) is 11.8 Å². The van der Waals surface area contributed by atoms with Gasteiger partial charge in [0.2, 0.25) is 0 Å². The highest BCUT2D eigenvalue weighted by Gasteiger charge is 2.09. The molecule has 0 N–H and O–H groups in total. The summed E-state index contributed by atoms with van der Waals surface area (Å²) in [5.41, 5.74) is 0.426. The fourth-order valence-corrected chi connectivity index (χ4v) is 1.39. The van der Waals surface area contributed by atoms with Crippen LogP contribution >= 0.6 is 23.4 Å². The molecule has 0 heterocycles. The number of ether oxygens (including phenoxy) is 1. The number of hydrogen-bond donors (Lipinski definition) is 0. The van der Waals surface area contributed by atoms with Crippen molar-refractivity contribution in [2.24, 2.45) is 0 Å². The smallest absolute Gasteiger partial charge is 0.339 e. The number of carbonyl (C=O) groups is 1. The molecule has 0 amide bonds. The summed E-state index contributed by atoms with van der Waals surface area (Å²) < 4.78 is 5.01. The Bertz CT molecular complexity index is 315. The van der Waals surface area contributed by atoms with E-state index in [1.165, 1.54) is 0 Å². The molecule has 0 aliphatic heterocycles. The topological polar surface area (TPSA) is 26.3 Å². The van der Waals surface area contributed by atoms with Crippen molar-refractivity contribution >= 4 is 29.3 Å². The number of halogens is 1. The molecule has 0 saturated heterocycles. The fraction of sp³-hybridized carbons (Fsp3) is 0.300. The summed E-state index contributed by atoms with van der Waals surface area (Å²) in [6, 6.07) is 6.87. The Morgan fingerprint density at radius 1 is 1.50 bits per heavy atom. The average Bonchev–Trinajstić information content (AvgIpc) is 2.18. The minimum Gasteiger partial charge on any atom is -0.461 e. The molecular formula is C10H11ClO2S. The van der Waals surface area contributed by atoms with Gasteiger partial charge in [-0.3, -0.25) is 0 Å². The van der Waals surface area contributed by atoms with Crippen LogP contribution in [0.25, 0.3) is 0 Å². The van der Waals surface area contributed by atoms with Crippen LogP contribution in [0, 0.1) is 0 Å². The first-order valence-corrected chi connectivity index (χ1v) is 5.93. The van der Waals surface area contributed by atoms with Crippen LogP contribution in [0.2, 0.25) is 5.02 Å².